The number of nitrogens with two attached hydrogens (primary N) is 1. The van der Waals surface area contributed by atoms with Crippen molar-refractivity contribution >= 4 is 5.78 Å². The summed E-state index contributed by atoms with van der Waals surface area (Å²) in [6.45, 7) is 3.43. The van der Waals surface area contributed by atoms with Crippen molar-refractivity contribution in [2.24, 2.45) is 5.73 Å². The lowest BCUT2D eigenvalue weighted by Gasteiger charge is -2.18. The Morgan fingerprint density at radius 2 is 2.00 bits per heavy atom. The van der Waals surface area contributed by atoms with Crippen molar-refractivity contribution in [2.75, 3.05) is 0 Å². The smallest absolute Gasteiger partial charge is 0.326 e. The summed E-state index contributed by atoms with van der Waals surface area (Å²) in [4.78, 5) is 15.3. The molecule has 0 saturated carbocycles. The standard InChI is InChI=1S/C12H15F3N2O/c1-11(2,16)5-3-10(18)8-7-17-6-4-9(8)12(13,14)15/h4,6-7H,3,5,16H2,1-2H3. The number of nitrogens with zero attached hydrogens (tertiary/aromatic N) is 1. The zero-order valence-electron chi connectivity index (χ0n) is 10.2. The van der Waals surface area contributed by atoms with Gasteiger partial charge < -0.3 is 5.73 Å². The second-order valence-electron chi connectivity index (χ2n) is 4.83. The highest BCUT2D eigenvalue weighted by molar-refractivity contribution is 5.97. The van der Waals surface area contributed by atoms with Gasteiger partial charge in [0.15, 0.2) is 5.78 Å². The van der Waals surface area contributed by atoms with Gasteiger partial charge in [-0.1, -0.05) is 0 Å². The van der Waals surface area contributed by atoms with E-state index in [-0.39, 0.29) is 6.42 Å². The Morgan fingerprint density at radius 3 is 2.50 bits per heavy atom. The Hall–Kier alpha value is -1.43. The summed E-state index contributed by atoms with van der Waals surface area (Å²) in [5, 5.41) is 0. The molecule has 2 N–H and O–H groups in total. The third-order valence-electron chi connectivity index (χ3n) is 2.42. The molecule has 0 fully saturated rings. The molecule has 100 valence electrons. The number of halogens is 3. The van der Waals surface area contributed by atoms with Gasteiger partial charge in [0, 0.05) is 29.9 Å². The number of hydrogen-bond acceptors (Lipinski definition) is 3. The van der Waals surface area contributed by atoms with Crippen LogP contribution in [0.4, 0.5) is 13.2 Å². The number of carbonyl (C=O) groups excluding carboxylic acids is 1. The summed E-state index contributed by atoms with van der Waals surface area (Å²) < 4.78 is 38.0. The van der Waals surface area contributed by atoms with Gasteiger partial charge >= 0.3 is 6.18 Å². The first-order valence-electron chi connectivity index (χ1n) is 5.44. The number of carbonyl (C=O) groups is 1. The SMILES string of the molecule is CC(C)(N)CCC(=O)c1cnccc1C(F)(F)F. The zero-order chi connectivity index (χ0) is 14.0. The first-order chi connectivity index (χ1) is 8.11. The van der Waals surface area contributed by atoms with E-state index in [9.17, 15) is 18.0 Å². The Balaban J connectivity index is 2.93. The molecule has 1 heterocycles. The van der Waals surface area contributed by atoms with E-state index >= 15 is 0 Å². The summed E-state index contributed by atoms with van der Waals surface area (Å²) in [5.41, 5.74) is 3.77. The van der Waals surface area contributed by atoms with Gasteiger partial charge in [0.2, 0.25) is 0 Å². The third-order valence-corrected chi connectivity index (χ3v) is 2.42. The summed E-state index contributed by atoms with van der Waals surface area (Å²) in [6.07, 6.45) is -2.29. The number of aromatic nitrogens is 1. The number of hydrogen-bond donors (Lipinski definition) is 1. The molecule has 3 nitrogen and oxygen atoms in total. The average Bonchev–Trinajstić information content (AvgIpc) is 2.24. The second-order valence-corrected chi connectivity index (χ2v) is 4.83. The Labute approximate surface area is 103 Å². The summed E-state index contributed by atoms with van der Waals surface area (Å²) in [7, 11) is 0. The van der Waals surface area contributed by atoms with Gasteiger partial charge in [0.1, 0.15) is 0 Å². The van der Waals surface area contributed by atoms with Crippen molar-refractivity contribution in [3.8, 4) is 0 Å². The number of Topliss-reactive ketones (excluding diaryl/α,β-unsaturated/α-hetero) is 1. The monoisotopic (exact) mass is 260 g/mol. The highest BCUT2D eigenvalue weighted by Gasteiger charge is 2.35. The molecule has 0 radical (unpaired) electrons. The van der Waals surface area contributed by atoms with Gasteiger partial charge in [0.05, 0.1) is 5.56 Å². The van der Waals surface area contributed by atoms with Crippen LogP contribution in [0.15, 0.2) is 18.5 Å². The molecule has 0 aliphatic rings. The van der Waals surface area contributed by atoms with E-state index in [1.54, 1.807) is 13.8 Å². The van der Waals surface area contributed by atoms with E-state index in [0.29, 0.717) is 6.42 Å². The molecule has 0 amide bonds. The molecule has 0 aliphatic carbocycles. The number of ketones is 1. The van der Waals surface area contributed by atoms with Gasteiger partial charge in [-0.05, 0) is 26.3 Å². The maximum atomic E-state index is 12.7. The highest BCUT2D eigenvalue weighted by Crippen LogP contribution is 2.32. The van der Waals surface area contributed by atoms with Crippen molar-refractivity contribution in [3.05, 3.63) is 29.6 Å². The summed E-state index contributed by atoms with van der Waals surface area (Å²) in [5.74, 6) is -0.589. The van der Waals surface area contributed by atoms with Crippen LogP contribution >= 0.6 is 0 Å². The van der Waals surface area contributed by atoms with E-state index in [4.69, 9.17) is 5.73 Å². The minimum Gasteiger partial charge on any atom is -0.326 e. The number of pyridine rings is 1. The molecule has 0 bridgehead atoms. The molecule has 1 aromatic rings. The molecule has 0 spiro atoms. The molecular formula is C12H15F3N2O. The minimum absolute atomic E-state index is 0.0295. The lowest BCUT2D eigenvalue weighted by atomic mass is 9.95. The van der Waals surface area contributed by atoms with Gasteiger partial charge in [-0.3, -0.25) is 9.78 Å². The number of rotatable bonds is 4. The van der Waals surface area contributed by atoms with E-state index in [1.165, 1.54) is 0 Å². The van der Waals surface area contributed by atoms with Crippen LogP contribution in [0, 0.1) is 0 Å². The maximum Gasteiger partial charge on any atom is 0.417 e. The fraction of sp³-hybridized carbons (Fsp3) is 0.500. The topological polar surface area (TPSA) is 56.0 Å². The highest BCUT2D eigenvalue weighted by atomic mass is 19.4. The lowest BCUT2D eigenvalue weighted by molar-refractivity contribution is -0.138. The van der Waals surface area contributed by atoms with E-state index in [1.807, 2.05) is 0 Å². The quantitative estimate of drug-likeness (QED) is 0.847. The van der Waals surface area contributed by atoms with Gasteiger partial charge in [-0.25, -0.2) is 0 Å². The third kappa shape index (κ3) is 4.10. The summed E-state index contributed by atoms with van der Waals surface area (Å²) >= 11 is 0. The molecular weight excluding hydrogens is 245 g/mol. The van der Waals surface area contributed by atoms with Gasteiger partial charge in [-0.15, -0.1) is 0 Å². The van der Waals surface area contributed by atoms with Gasteiger partial charge in [0.25, 0.3) is 0 Å². The van der Waals surface area contributed by atoms with Crippen LogP contribution in [-0.2, 0) is 6.18 Å². The maximum absolute atomic E-state index is 12.7. The van der Waals surface area contributed by atoms with Gasteiger partial charge in [-0.2, -0.15) is 13.2 Å². The molecule has 0 aliphatic heterocycles. The fourth-order valence-corrected chi connectivity index (χ4v) is 1.43. The van der Waals surface area contributed by atoms with E-state index < -0.39 is 28.6 Å². The molecule has 0 unspecified atom stereocenters. The first-order valence-corrected chi connectivity index (χ1v) is 5.44. The van der Waals surface area contributed by atoms with Crippen LogP contribution in [-0.4, -0.2) is 16.3 Å². The number of alkyl halides is 3. The van der Waals surface area contributed by atoms with Crippen molar-refractivity contribution in [1.29, 1.82) is 0 Å². The average molecular weight is 260 g/mol. The van der Waals surface area contributed by atoms with Crippen LogP contribution in [0.1, 0.15) is 42.6 Å². The molecule has 1 aromatic heterocycles. The Bertz CT molecular complexity index is 436. The fourth-order valence-electron chi connectivity index (χ4n) is 1.43. The Morgan fingerprint density at radius 1 is 1.39 bits per heavy atom. The molecule has 0 aromatic carbocycles. The second kappa shape index (κ2) is 5.06. The molecule has 6 heteroatoms. The molecule has 1 rings (SSSR count). The predicted octanol–water partition coefficient (Wildman–Crippen LogP) is 2.80. The van der Waals surface area contributed by atoms with Crippen LogP contribution in [0.5, 0.6) is 0 Å². The Kier molecular flexibility index (Phi) is 4.11. The predicted molar refractivity (Wildman–Crippen MR) is 61.1 cm³/mol. The zero-order valence-corrected chi connectivity index (χ0v) is 10.2. The largest absolute Gasteiger partial charge is 0.417 e. The molecule has 0 saturated heterocycles. The van der Waals surface area contributed by atoms with Crippen LogP contribution in [0.25, 0.3) is 0 Å². The van der Waals surface area contributed by atoms with Crippen LogP contribution in [0.2, 0.25) is 0 Å². The minimum atomic E-state index is -4.55. The molecule has 18 heavy (non-hydrogen) atoms. The molecule has 0 atom stereocenters. The van der Waals surface area contributed by atoms with Crippen molar-refractivity contribution in [1.82, 2.24) is 4.98 Å². The summed E-state index contributed by atoms with van der Waals surface area (Å²) in [6, 6.07) is 0.806. The lowest BCUT2D eigenvalue weighted by Crippen LogP contribution is -2.32. The van der Waals surface area contributed by atoms with E-state index in [0.717, 1.165) is 18.5 Å². The normalized spacial score (nSPS) is 12.6. The van der Waals surface area contributed by atoms with Crippen molar-refractivity contribution in [2.45, 2.75) is 38.4 Å². The van der Waals surface area contributed by atoms with Crippen molar-refractivity contribution < 1.29 is 18.0 Å². The van der Waals surface area contributed by atoms with Crippen LogP contribution in [0.3, 0.4) is 0 Å². The van der Waals surface area contributed by atoms with Crippen LogP contribution < -0.4 is 5.73 Å². The van der Waals surface area contributed by atoms with E-state index in [2.05, 4.69) is 4.98 Å². The van der Waals surface area contributed by atoms with Crippen molar-refractivity contribution in [3.63, 3.8) is 0 Å². The first kappa shape index (κ1) is 14.6.